The summed E-state index contributed by atoms with van der Waals surface area (Å²) >= 11 is 0. The SMILES string of the molecule is CCOC(=O)c1cnc(N)cc1C. The Balaban J connectivity index is 2.95. The molecule has 0 aromatic carbocycles. The van der Waals surface area contributed by atoms with Crippen molar-refractivity contribution in [3.8, 4) is 0 Å². The van der Waals surface area contributed by atoms with Crippen molar-refractivity contribution in [2.45, 2.75) is 13.8 Å². The standard InChI is InChI=1S/C9H12N2O2/c1-3-13-9(12)7-5-11-8(10)4-6(7)2/h4-5H,3H2,1-2H3,(H2,10,11). The second kappa shape index (κ2) is 3.89. The maximum Gasteiger partial charge on any atom is 0.339 e. The maximum absolute atomic E-state index is 11.3. The molecule has 2 N–H and O–H groups in total. The fraction of sp³-hybridized carbons (Fsp3) is 0.333. The second-order valence-corrected chi connectivity index (χ2v) is 2.64. The first-order chi connectivity index (χ1) is 6.15. The van der Waals surface area contributed by atoms with Crippen molar-refractivity contribution in [1.29, 1.82) is 0 Å². The second-order valence-electron chi connectivity index (χ2n) is 2.64. The van der Waals surface area contributed by atoms with Gasteiger partial charge in [-0.25, -0.2) is 9.78 Å². The van der Waals surface area contributed by atoms with Crippen molar-refractivity contribution in [3.63, 3.8) is 0 Å². The summed E-state index contributed by atoms with van der Waals surface area (Å²) in [6.07, 6.45) is 1.43. The highest BCUT2D eigenvalue weighted by Gasteiger charge is 2.09. The van der Waals surface area contributed by atoms with E-state index in [1.54, 1.807) is 19.9 Å². The number of pyridine rings is 1. The van der Waals surface area contributed by atoms with Gasteiger partial charge in [0.25, 0.3) is 0 Å². The molecule has 70 valence electrons. The Hall–Kier alpha value is -1.58. The van der Waals surface area contributed by atoms with Gasteiger partial charge in [-0.2, -0.15) is 0 Å². The molecule has 0 saturated heterocycles. The normalized spacial score (nSPS) is 9.69. The molecule has 0 fully saturated rings. The van der Waals surface area contributed by atoms with E-state index in [2.05, 4.69) is 4.98 Å². The lowest BCUT2D eigenvalue weighted by molar-refractivity contribution is 0.0525. The average Bonchev–Trinajstić information content (AvgIpc) is 2.04. The van der Waals surface area contributed by atoms with Crippen LogP contribution in [0.1, 0.15) is 22.8 Å². The fourth-order valence-corrected chi connectivity index (χ4v) is 1.00. The van der Waals surface area contributed by atoms with E-state index >= 15 is 0 Å². The van der Waals surface area contributed by atoms with Gasteiger partial charge in [0.1, 0.15) is 5.82 Å². The van der Waals surface area contributed by atoms with E-state index in [9.17, 15) is 4.79 Å². The lowest BCUT2D eigenvalue weighted by atomic mass is 10.1. The number of hydrogen-bond donors (Lipinski definition) is 1. The minimum atomic E-state index is -0.354. The molecular weight excluding hydrogens is 168 g/mol. The number of anilines is 1. The van der Waals surface area contributed by atoms with Crippen LogP contribution < -0.4 is 5.73 Å². The number of nitrogen functional groups attached to an aromatic ring is 1. The first kappa shape index (κ1) is 9.51. The zero-order valence-electron chi connectivity index (χ0n) is 7.70. The van der Waals surface area contributed by atoms with E-state index in [1.165, 1.54) is 6.20 Å². The van der Waals surface area contributed by atoms with Crippen molar-refractivity contribution in [1.82, 2.24) is 4.98 Å². The summed E-state index contributed by atoms with van der Waals surface area (Å²) in [4.78, 5) is 15.1. The van der Waals surface area contributed by atoms with Crippen LogP contribution >= 0.6 is 0 Å². The minimum Gasteiger partial charge on any atom is -0.462 e. The predicted octanol–water partition coefficient (Wildman–Crippen LogP) is 1.15. The summed E-state index contributed by atoms with van der Waals surface area (Å²) in [6.45, 7) is 3.92. The third-order valence-corrected chi connectivity index (χ3v) is 1.63. The van der Waals surface area contributed by atoms with Gasteiger partial charge in [0.2, 0.25) is 0 Å². The molecule has 0 aliphatic carbocycles. The summed E-state index contributed by atoms with van der Waals surface area (Å²) in [6, 6.07) is 1.65. The van der Waals surface area contributed by atoms with Gasteiger partial charge in [-0.1, -0.05) is 0 Å². The van der Waals surface area contributed by atoms with Gasteiger partial charge < -0.3 is 10.5 Å². The number of nitrogens with two attached hydrogens (primary N) is 1. The molecule has 13 heavy (non-hydrogen) atoms. The van der Waals surface area contributed by atoms with Crippen LogP contribution in [0.25, 0.3) is 0 Å². The van der Waals surface area contributed by atoms with E-state index < -0.39 is 0 Å². The Morgan fingerprint density at radius 2 is 2.38 bits per heavy atom. The largest absolute Gasteiger partial charge is 0.462 e. The van der Waals surface area contributed by atoms with Crippen LogP contribution in [0.15, 0.2) is 12.3 Å². The quantitative estimate of drug-likeness (QED) is 0.693. The molecule has 0 aliphatic heterocycles. The monoisotopic (exact) mass is 180 g/mol. The van der Waals surface area contributed by atoms with Crippen LogP contribution in [-0.2, 0) is 4.74 Å². The smallest absolute Gasteiger partial charge is 0.339 e. The van der Waals surface area contributed by atoms with Gasteiger partial charge in [-0.3, -0.25) is 0 Å². The van der Waals surface area contributed by atoms with E-state index in [4.69, 9.17) is 10.5 Å². The van der Waals surface area contributed by atoms with E-state index in [0.29, 0.717) is 18.0 Å². The molecule has 4 heteroatoms. The number of aryl methyl sites for hydroxylation is 1. The summed E-state index contributed by atoms with van der Waals surface area (Å²) in [7, 11) is 0. The van der Waals surface area contributed by atoms with Crippen LogP contribution in [0, 0.1) is 6.92 Å². The zero-order chi connectivity index (χ0) is 9.84. The van der Waals surface area contributed by atoms with Gasteiger partial charge in [0, 0.05) is 6.20 Å². The minimum absolute atomic E-state index is 0.354. The number of carbonyl (C=O) groups is 1. The number of aromatic nitrogens is 1. The lowest BCUT2D eigenvalue weighted by Crippen LogP contribution is -2.07. The molecule has 1 aromatic rings. The fourth-order valence-electron chi connectivity index (χ4n) is 1.00. The Morgan fingerprint density at radius 1 is 1.69 bits per heavy atom. The molecule has 4 nitrogen and oxygen atoms in total. The molecule has 0 unspecified atom stereocenters. The van der Waals surface area contributed by atoms with E-state index in [0.717, 1.165) is 5.56 Å². The molecule has 0 amide bonds. The van der Waals surface area contributed by atoms with Gasteiger partial charge in [-0.05, 0) is 25.5 Å². The van der Waals surface area contributed by atoms with E-state index in [1.807, 2.05) is 0 Å². The highest BCUT2D eigenvalue weighted by molar-refractivity contribution is 5.90. The molecular formula is C9H12N2O2. The van der Waals surface area contributed by atoms with Crippen LogP contribution in [0.3, 0.4) is 0 Å². The van der Waals surface area contributed by atoms with Crippen LogP contribution in [0.2, 0.25) is 0 Å². The van der Waals surface area contributed by atoms with Crippen LogP contribution in [0.5, 0.6) is 0 Å². The van der Waals surface area contributed by atoms with Gasteiger partial charge in [0.05, 0.1) is 12.2 Å². The first-order valence-corrected chi connectivity index (χ1v) is 4.04. The molecule has 0 saturated carbocycles. The van der Waals surface area contributed by atoms with Crippen LogP contribution in [0.4, 0.5) is 5.82 Å². The topological polar surface area (TPSA) is 65.2 Å². The number of carbonyl (C=O) groups excluding carboxylic acids is 1. The highest BCUT2D eigenvalue weighted by Crippen LogP contribution is 2.10. The zero-order valence-corrected chi connectivity index (χ0v) is 7.70. The third kappa shape index (κ3) is 2.18. The molecule has 0 aliphatic rings. The van der Waals surface area contributed by atoms with Crippen molar-refractivity contribution in [3.05, 3.63) is 23.4 Å². The number of rotatable bonds is 2. The molecule has 0 radical (unpaired) electrons. The Morgan fingerprint density at radius 3 is 2.92 bits per heavy atom. The summed E-state index contributed by atoms with van der Waals surface area (Å²) in [5.74, 6) is 0.0537. The van der Waals surface area contributed by atoms with Crippen LogP contribution in [-0.4, -0.2) is 17.6 Å². The molecule has 1 heterocycles. The maximum atomic E-state index is 11.3. The molecule has 1 rings (SSSR count). The van der Waals surface area contributed by atoms with Crippen molar-refractivity contribution in [2.24, 2.45) is 0 Å². The Kier molecular flexibility index (Phi) is 2.84. The summed E-state index contributed by atoms with van der Waals surface area (Å²) in [5.41, 5.74) is 6.69. The molecule has 0 bridgehead atoms. The molecule has 1 aromatic heterocycles. The average molecular weight is 180 g/mol. The van der Waals surface area contributed by atoms with Gasteiger partial charge in [-0.15, -0.1) is 0 Å². The molecule has 0 spiro atoms. The Bertz CT molecular complexity index is 323. The van der Waals surface area contributed by atoms with Gasteiger partial charge >= 0.3 is 5.97 Å². The molecule has 0 atom stereocenters. The van der Waals surface area contributed by atoms with Crippen molar-refractivity contribution >= 4 is 11.8 Å². The lowest BCUT2D eigenvalue weighted by Gasteiger charge is -2.04. The first-order valence-electron chi connectivity index (χ1n) is 4.04. The highest BCUT2D eigenvalue weighted by atomic mass is 16.5. The summed E-state index contributed by atoms with van der Waals surface area (Å²) < 4.78 is 4.83. The number of nitrogens with zero attached hydrogens (tertiary/aromatic N) is 1. The van der Waals surface area contributed by atoms with Gasteiger partial charge in [0.15, 0.2) is 0 Å². The Labute approximate surface area is 76.7 Å². The predicted molar refractivity (Wildman–Crippen MR) is 49.3 cm³/mol. The van der Waals surface area contributed by atoms with Crippen molar-refractivity contribution < 1.29 is 9.53 Å². The number of hydrogen-bond acceptors (Lipinski definition) is 4. The number of esters is 1. The number of ether oxygens (including phenoxy) is 1. The van der Waals surface area contributed by atoms with Crippen molar-refractivity contribution in [2.75, 3.05) is 12.3 Å². The van der Waals surface area contributed by atoms with E-state index in [-0.39, 0.29) is 5.97 Å². The summed E-state index contributed by atoms with van der Waals surface area (Å²) in [5, 5.41) is 0. The third-order valence-electron chi connectivity index (χ3n) is 1.63.